The number of allylic oxidation sites excluding steroid dienone is 12. The summed E-state index contributed by atoms with van der Waals surface area (Å²) in [4.78, 5) is 0. The Labute approximate surface area is 226 Å². The minimum atomic E-state index is -4.34. The number of hydrogen-bond donors (Lipinski definition) is 2. The number of hydrogen-bond acceptors (Lipinski definition) is 5. The lowest BCUT2D eigenvalue weighted by molar-refractivity contribution is 0.220. The van der Waals surface area contributed by atoms with Gasteiger partial charge in [0.25, 0.3) is 10.1 Å². The van der Waals surface area contributed by atoms with Crippen molar-refractivity contribution in [3.63, 3.8) is 0 Å². The van der Waals surface area contributed by atoms with E-state index in [1.165, 1.54) is 20.8 Å². The Bertz CT molecular complexity index is 947. The summed E-state index contributed by atoms with van der Waals surface area (Å²) in [5.41, 5.74) is 0. The van der Waals surface area contributed by atoms with Crippen LogP contribution in [0.15, 0.2) is 72.9 Å². The van der Waals surface area contributed by atoms with Gasteiger partial charge in [0.1, 0.15) is 0 Å². The Morgan fingerprint density at radius 3 is 1.24 bits per heavy atom. The fourth-order valence-electron chi connectivity index (χ4n) is 2.35. The van der Waals surface area contributed by atoms with Crippen molar-refractivity contribution in [2.45, 2.75) is 90.7 Å². The minimum absolute atomic E-state index is 0.0152. The van der Waals surface area contributed by atoms with Crippen LogP contribution in [0.4, 0.5) is 0 Å². The van der Waals surface area contributed by atoms with E-state index in [1.807, 2.05) is 13.0 Å². The molecule has 0 rings (SSSR count). The molecule has 0 aliphatic carbocycles. The lowest BCUT2D eigenvalue weighted by Gasteiger charge is -2.12. The maximum absolute atomic E-state index is 10.6. The first-order chi connectivity index (χ1) is 17.2. The molecule has 0 spiro atoms. The van der Waals surface area contributed by atoms with Gasteiger partial charge in [-0.3, -0.25) is 9.11 Å². The van der Waals surface area contributed by atoms with E-state index in [2.05, 4.69) is 77.9 Å². The molecule has 0 aromatic carbocycles. The molecule has 7 nitrogen and oxygen atoms in total. The topological polar surface area (TPSA) is 118 Å². The molecule has 0 aromatic rings. The summed E-state index contributed by atoms with van der Waals surface area (Å²) < 4.78 is 61.9. The van der Waals surface area contributed by atoms with E-state index in [4.69, 9.17) is 9.11 Å². The predicted octanol–water partition coefficient (Wildman–Crippen LogP) is 7.59. The highest BCUT2D eigenvalue weighted by molar-refractivity contribution is 7.87. The molecule has 0 aromatic heterocycles. The molecule has 0 aliphatic heterocycles. The van der Waals surface area contributed by atoms with Crippen molar-refractivity contribution in [3.8, 4) is 0 Å². The number of rotatable bonds is 17. The van der Waals surface area contributed by atoms with Crippen LogP contribution in [0.5, 0.6) is 0 Å². The zero-order valence-corrected chi connectivity index (χ0v) is 24.8. The molecule has 2 N–H and O–H groups in total. The molecule has 0 heterocycles. The van der Waals surface area contributed by atoms with Gasteiger partial charge in [-0.05, 0) is 71.6 Å². The second-order valence-corrected chi connectivity index (χ2v) is 12.5. The van der Waals surface area contributed by atoms with Gasteiger partial charge in [-0.2, -0.15) is 16.8 Å². The normalized spacial score (nSPS) is 14.6. The Hall–Kier alpha value is -1.78. The Morgan fingerprint density at radius 1 is 0.649 bits per heavy atom. The van der Waals surface area contributed by atoms with Crippen LogP contribution in [0.25, 0.3) is 0 Å². The third kappa shape index (κ3) is 28.6. The molecular formula is C28H48O7S2. The molecule has 0 bridgehead atoms. The maximum Gasteiger partial charge on any atom is 0.397 e. The molecule has 0 fully saturated rings. The van der Waals surface area contributed by atoms with Crippen molar-refractivity contribution in [3.05, 3.63) is 72.9 Å². The van der Waals surface area contributed by atoms with Crippen LogP contribution in [0, 0.1) is 5.92 Å². The lowest BCUT2D eigenvalue weighted by atomic mass is 10.0. The van der Waals surface area contributed by atoms with E-state index < -0.39 is 25.3 Å². The average molecular weight is 561 g/mol. The van der Waals surface area contributed by atoms with Gasteiger partial charge in [-0.15, -0.1) is 0 Å². The van der Waals surface area contributed by atoms with Crippen molar-refractivity contribution in [1.29, 1.82) is 0 Å². The van der Waals surface area contributed by atoms with Crippen molar-refractivity contribution in [2.24, 2.45) is 5.92 Å². The van der Waals surface area contributed by atoms with Crippen LogP contribution < -0.4 is 0 Å². The van der Waals surface area contributed by atoms with Gasteiger partial charge in [-0.1, -0.05) is 93.2 Å². The van der Waals surface area contributed by atoms with Gasteiger partial charge in [0, 0.05) is 0 Å². The van der Waals surface area contributed by atoms with Crippen LogP contribution >= 0.6 is 0 Å². The van der Waals surface area contributed by atoms with Crippen LogP contribution in [0.3, 0.4) is 0 Å². The van der Waals surface area contributed by atoms with E-state index in [0.717, 1.165) is 51.4 Å². The van der Waals surface area contributed by atoms with E-state index in [1.54, 1.807) is 0 Å². The van der Waals surface area contributed by atoms with Crippen LogP contribution in [-0.2, 0) is 24.7 Å². The van der Waals surface area contributed by atoms with Crippen molar-refractivity contribution >= 4 is 20.5 Å². The smallest absolute Gasteiger partial charge is 0.285 e. The lowest BCUT2D eigenvalue weighted by Crippen LogP contribution is -2.26. The fourth-order valence-corrected chi connectivity index (χ4v) is 2.71. The molecule has 0 saturated carbocycles. The van der Waals surface area contributed by atoms with Crippen molar-refractivity contribution < 1.29 is 30.1 Å². The monoisotopic (exact) mass is 560 g/mol. The summed E-state index contributed by atoms with van der Waals surface area (Å²) >= 11 is 0. The third-order valence-electron chi connectivity index (χ3n) is 4.87. The summed E-state index contributed by atoms with van der Waals surface area (Å²) in [6, 6.07) is 0. The zero-order chi connectivity index (χ0) is 28.6. The molecule has 0 aliphatic rings. The summed E-state index contributed by atoms with van der Waals surface area (Å²) in [6.07, 6.45) is 33.2. The predicted molar refractivity (Wildman–Crippen MR) is 155 cm³/mol. The maximum atomic E-state index is 10.6. The second kappa shape index (κ2) is 22.2. The molecule has 1 unspecified atom stereocenters. The minimum Gasteiger partial charge on any atom is -0.285 e. The SMILES string of the molecule is CC(C)(C)S(=O)(=O)O.CC/C=C\C/C=C\C/C=C\C/C=C\C/C=C\C/C=C\CC(CC)COS(=O)(=O)O. The highest BCUT2D eigenvalue weighted by Crippen LogP contribution is 2.12. The Morgan fingerprint density at radius 2 is 0.973 bits per heavy atom. The van der Waals surface area contributed by atoms with Gasteiger partial charge in [0.15, 0.2) is 0 Å². The molecule has 0 amide bonds. The molecule has 37 heavy (non-hydrogen) atoms. The molecule has 9 heteroatoms. The zero-order valence-electron chi connectivity index (χ0n) is 23.1. The highest BCUT2D eigenvalue weighted by atomic mass is 32.3. The molecule has 214 valence electrons. The van der Waals surface area contributed by atoms with E-state index in [9.17, 15) is 16.8 Å². The first kappa shape index (κ1) is 37.4. The standard InChI is InChI=1S/C24H38O4S.C4H10O3S/c1-3-5-6-7-8-9-10-11-12-13-14-15-16-17-18-19-20-21-22-24(4-2)23-28-29(25,26)27;1-4(2,3)8(5,6)7/h5-6,8-9,11-12,14-15,17-18,20-21,24H,3-4,7,10,13,16,19,22-23H2,1-2H3,(H,25,26,27);1-3H3,(H,5,6,7)/b6-5-,9-8-,12-11-,15-14-,18-17-,21-20-;. The molecule has 0 radical (unpaired) electrons. The van der Waals surface area contributed by atoms with E-state index in [-0.39, 0.29) is 12.5 Å². The third-order valence-corrected chi connectivity index (χ3v) is 6.85. The van der Waals surface area contributed by atoms with Gasteiger partial charge in [-0.25, -0.2) is 4.18 Å². The van der Waals surface area contributed by atoms with Gasteiger partial charge in [0.2, 0.25) is 0 Å². The van der Waals surface area contributed by atoms with Crippen LogP contribution in [0.2, 0.25) is 0 Å². The van der Waals surface area contributed by atoms with Crippen LogP contribution in [0.1, 0.15) is 86.0 Å². The summed E-state index contributed by atoms with van der Waals surface area (Å²) in [7, 11) is -8.18. The van der Waals surface area contributed by atoms with Gasteiger partial charge >= 0.3 is 10.4 Å². The first-order valence-electron chi connectivity index (χ1n) is 12.7. The quantitative estimate of drug-likeness (QED) is 0.139. The van der Waals surface area contributed by atoms with Gasteiger partial charge in [0.05, 0.1) is 11.4 Å². The van der Waals surface area contributed by atoms with Crippen molar-refractivity contribution in [1.82, 2.24) is 0 Å². The molecule has 0 saturated heterocycles. The molecular weight excluding hydrogens is 512 g/mol. The second-order valence-electron chi connectivity index (χ2n) is 9.22. The largest absolute Gasteiger partial charge is 0.397 e. The van der Waals surface area contributed by atoms with E-state index in [0.29, 0.717) is 0 Å². The first-order valence-corrected chi connectivity index (χ1v) is 15.5. The summed E-state index contributed by atoms with van der Waals surface area (Å²) in [6.45, 7) is 8.43. The Balaban J connectivity index is 0. The summed E-state index contributed by atoms with van der Waals surface area (Å²) in [5.74, 6) is 0.0847. The summed E-state index contributed by atoms with van der Waals surface area (Å²) in [5, 5.41) is 0. The molecule has 1 atom stereocenters. The van der Waals surface area contributed by atoms with Crippen LogP contribution in [-0.4, -0.2) is 37.3 Å². The van der Waals surface area contributed by atoms with Crippen molar-refractivity contribution in [2.75, 3.05) is 6.61 Å². The van der Waals surface area contributed by atoms with E-state index >= 15 is 0 Å². The highest BCUT2D eigenvalue weighted by Gasteiger charge is 2.25. The van der Waals surface area contributed by atoms with Gasteiger partial charge < -0.3 is 0 Å². The fraction of sp³-hybridized carbons (Fsp3) is 0.571. The Kier molecular flexibility index (Phi) is 22.4. The average Bonchev–Trinajstić information content (AvgIpc) is 2.78.